The van der Waals surface area contributed by atoms with Crippen LogP contribution in [0.25, 0.3) is 10.1 Å². The van der Waals surface area contributed by atoms with Gasteiger partial charge in [0.05, 0.1) is 15.9 Å². The highest BCUT2D eigenvalue weighted by atomic mass is 32.1. The summed E-state index contributed by atoms with van der Waals surface area (Å²) in [5.41, 5.74) is 2.78. The van der Waals surface area contributed by atoms with Gasteiger partial charge in [0, 0.05) is 38.8 Å². The SMILES string of the molecule is Cc1ccc(CNN2CCN(c3nc(=O)c4cc(C(F)(F)F)cc([N+](=O)[O-])c4s3)CC2)cc1. The van der Waals surface area contributed by atoms with Gasteiger partial charge in [-0.15, -0.1) is 0 Å². The molecule has 0 radical (unpaired) electrons. The number of hydrogen-bond donors (Lipinski definition) is 1. The van der Waals surface area contributed by atoms with Crippen molar-refractivity contribution in [2.24, 2.45) is 0 Å². The molecule has 2 aromatic carbocycles. The zero-order valence-corrected chi connectivity index (χ0v) is 18.4. The summed E-state index contributed by atoms with van der Waals surface area (Å²) < 4.78 is 39.3. The van der Waals surface area contributed by atoms with Crippen LogP contribution >= 0.6 is 11.3 Å². The molecule has 1 saturated heterocycles. The Hall–Kier alpha value is -3.09. The number of aromatic nitrogens is 1. The first-order valence-corrected chi connectivity index (χ1v) is 10.9. The summed E-state index contributed by atoms with van der Waals surface area (Å²) in [6.45, 7) is 4.92. The fourth-order valence-electron chi connectivity index (χ4n) is 3.54. The monoisotopic (exact) mass is 479 g/mol. The van der Waals surface area contributed by atoms with Crippen LogP contribution in [-0.2, 0) is 12.7 Å². The maximum Gasteiger partial charge on any atom is 0.416 e. The smallest absolute Gasteiger partial charge is 0.345 e. The zero-order chi connectivity index (χ0) is 23.8. The maximum absolute atomic E-state index is 13.1. The van der Waals surface area contributed by atoms with Crippen LogP contribution in [-0.4, -0.2) is 41.1 Å². The number of nitrogens with zero attached hydrogens (tertiary/aromatic N) is 4. The molecule has 0 spiro atoms. The number of alkyl halides is 3. The summed E-state index contributed by atoms with van der Waals surface area (Å²) in [4.78, 5) is 28.8. The summed E-state index contributed by atoms with van der Waals surface area (Å²) in [6.07, 6.45) is -4.81. The molecule has 0 bridgehead atoms. The van der Waals surface area contributed by atoms with Crippen molar-refractivity contribution in [2.45, 2.75) is 19.6 Å². The topological polar surface area (TPSA) is 91.6 Å². The summed E-state index contributed by atoms with van der Waals surface area (Å²) in [6, 6.07) is 9.27. The molecule has 12 heteroatoms. The van der Waals surface area contributed by atoms with Crippen molar-refractivity contribution < 1.29 is 18.1 Å². The third kappa shape index (κ3) is 5.13. The Morgan fingerprint density at radius 3 is 2.42 bits per heavy atom. The number of anilines is 1. The van der Waals surface area contributed by atoms with Gasteiger partial charge in [-0.1, -0.05) is 41.2 Å². The van der Waals surface area contributed by atoms with Crippen molar-refractivity contribution >= 4 is 32.2 Å². The molecule has 2 heterocycles. The highest BCUT2D eigenvalue weighted by molar-refractivity contribution is 7.22. The Morgan fingerprint density at radius 1 is 1.15 bits per heavy atom. The molecule has 0 saturated carbocycles. The molecule has 33 heavy (non-hydrogen) atoms. The van der Waals surface area contributed by atoms with Crippen LogP contribution in [0.2, 0.25) is 0 Å². The van der Waals surface area contributed by atoms with E-state index in [9.17, 15) is 28.1 Å². The molecule has 1 aliphatic heterocycles. The fraction of sp³-hybridized carbons (Fsp3) is 0.333. The zero-order valence-electron chi connectivity index (χ0n) is 17.6. The molecule has 0 unspecified atom stereocenters. The van der Waals surface area contributed by atoms with Crippen LogP contribution in [0.3, 0.4) is 0 Å². The van der Waals surface area contributed by atoms with Gasteiger partial charge in [-0.25, -0.2) is 5.01 Å². The van der Waals surface area contributed by atoms with Crippen molar-refractivity contribution in [3.63, 3.8) is 0 Å². The number of rotatable bonds is 5. The van der Waals surface area contributed by atoms with Gasteiger partial charge < -0.3 is 4.90 Å². The highest BCUT2D eigenvalue weighted by Gasteiger charge is 2.34. The first-order valence-electron chi connectivity index (χ1n) is 10.1. The summed E-state index contributed by atoms with van der Waals surface area (Å²) in [5, 5.41) is 13.3. The Morgan fingerprint density at radius 2 is 1.82 bits per heavy atom. The summed E-state index contributed by atoms with van der Waals surface area (Å²) in [7, 11) is 0. The predicted molar refractivity (Wildman–Crippen MR) is 119 cm³/mol. The van der Waals surface area contributed by atoms with E-state index < -0.39 is 33.3 Å². The third-order valence-corrected chi connectivity index (χ3v) is 6.56. The van der Waals surface area contributed by atoms with Crippen molar-refractivity contribution in [3.8, 4) is 0 Å². The van der Waals surface area contributed by atoms with Gasteiger partial charge in [-0.05, 0) is 18.6 Å². The van der Waals surface area contributed by atoms with E-state index in [0.29, 0.717) is 44.9 Å². The number of nitrogens with one attached hydrogen (secondary N) is 1. The standard InChI is InChI=1S/C21H20F3N5O3S/c1-13-2-4-14(5-3-13)12-25-28-8-6-27(7-9-28)20-26-19(30)16-10-15(21(22,23)24)11-17(29(31)32)18(16)33-20/h2-5,10-11,25H,6-9,12H2,1H3. The summed E-state index contributed by atoms with van der Waals surface area (Å²) in [5.74, 6) is 0. The van der Waals surface area contributed by atoms with Crippen LogP contribution in [0, 0.1) is 17.0 Å². The number of piperazine rings is 1. The third-order valence-electron chi connectivity index (χ3n) is 5.39. The second-order valence-corrected chi connectivity index (χ2v) is 8.70. The molecule has 1 aromatic heterocycles. The lowest BCUT2D eigenvalue weighted by atomic mass is 10.1. The molecule has 4 rings (SSSR count). The number of aryl methyl sites for hydroxylation is 1. The Kier molecular flexibility index (Phi) is 6.32. The number of fused-ring (bicyclic) bond motifs is 1. The lowest BCUT2D eigenvalue weighted by Gasteiger charge is -2.35. The molecule has 8 nitrogen and oxygen atoms in total. The molecular formula is C21H20F3N5O3S. The Labute approximate surface area is 190 Å². The van der Waals surface area contributed by atoms with E-state index >= 15 is 0 Å². The molecule has 3 aromatic rings. The van der Waals surface area contributed by atoms with Crippen molar-refractivity contribution in [2.75, 3.05) is 31.1 Å². The highest BCUT2D eigenvalue weighted by Crippen LogP contribution is 2.38. The van der Waals surface area contributed by atoms with E-state index in [1.165, 1.54) is 5.56 Å². The first-order chi connectivity index (χ1) is 15.6. The second-order valence-electron chi connectivity index (χ2n) is 7.72. The molecule has 174 valence electrons. The molecule has 1 N–H and O–H groups in total. The van der Waals surface area contributed by atoms with Gasteiger partial charge in [0.2, 0.25) is 0 Å². The van der Waals surface area contributed by atoms with Gasteiger partial charge in [-0.2, -0.15) is 18.2 Å². The molecule has 0 aliphatic carbocycles. The average Bonchev–Trinajstić information content (AvgIpc) is 2.77. The largest absolute Gasteiger partial charge is 0.416 e. The van der Waals surface area contributed by atoms with Crippen LogP contribution in [0.4, 0.5) is 24.0 Å². The van der Waals surface area contributed by atoms with Crippen LogP contribution in [0.15, 0.2) is 41.2 Å². The Balaban J connectivity index is 1.52. The van der Waals surface area contributed by atoms with E-state index in [4.69, 9.17) is 0 Å². The van der Waals surface area contributed by atoms with Crippen LogP contribution < -0.4 is 15.9 Å². The number of nitro groups is 1. The number of nitro benzene ring substituents is 1. The summed E-state index contributed by atoms with van der Waals surface area (Å²) >= 11 is 0.861. The quantitative estimate of drug-likeness (QED) is 0.441. The second kappa shape index (κ2) is 9.04. The normalized spacial score (nSPS) is 15.2. The van der Waals surface area contributed by atoms with E-state index in [1.807, 2.05) is 41.1 Å². The van der Waals surface area contributed by atoms with E-state index in [0.717, 1.165) is 16.9 Å². The van der Waals surface area contributed by atoms with Crippen molar-refractivity contribution in [1.29, 1.82) is 0 Å². The minimum absolute atomic E-state index is 0.108. The van der Waals surface area contributed by atoms with Gasteiger partial charge in [-0.3, -0.25) is 20.3 Å². The number of hydrazine groups is 1. The van der Waals surface area contributed by atoms with Crippen molar-refractivity contribution in [1.82, 2.24) is 15.4 Å². The van der Waals surface area contributed by atoms with Gasteiger partial charge >= 0.3 is 6.18 Å². The molecule has 0 atom stereocenters. The van der Waals surface area contributed by atoms with E-state index in [-0.39, 0.29) is 9.83 Å². The molecule has 0 amide bonds. The number of non-ortho nitro benzene ring substituents is 1. The van der Waals surface area contributed by atoms with Crippen LogP contribution in [0.1, 0.15) is 16.7 Å². The fourth-order valence-corrected chi connectivity index (χ4v) is 4.66. The van der Waals surface area contributed by atoms with Gasteiger partial charge in [0.15, 0.2) is 5.13 Å². The average molecular weight is 479 g/mol. The molecule has 1 fully saturated rings. The molecule has 1 aliphatic rings. The molecular weight excluding hydrogens is 459 g/mol. The lowest BCUT2D eigenvalue weighted by Crippen LogP contribution is -2.52. The van der Waals surface area contributed by atoms with Crippen LogP contribution in [0.5, 0.6) is 0 Å². The number of hydrogen-bond acceptors (Lipinski definition) is 8. The number of halogens is 3. The van der Waals surface area contributed by atoms with E-state index in [2.05, 4.69) is 10.4 Å². The first kappa shape index (κ1) is 23.1. The van der Waals surface area contributed by atoms with Gasteiger partial charge in [0.25, 0.3) is 11.2 Å². The maximum atomic E-state index is 13.1. The number of benzene rings is 2. The minimum Gasteiger partial charge on any atom is -0.345 e. The van der Waals surface area contributed by atoms with E-state index in [1.54, 1.807) is 0 Å². The Bertz CT molecular complexity index is 1240. The minimum atomic E-state index is -4.81. The van der Waals surface area contributed by atoms with Crippen molar-refractivity contribution in [3.05, 3.63) is 73.6 Å². The van der Waals surface area contributed by atoms with Gasteiger partial charge in [0.1, 0.15) is 4.70 Å². The lowest BCUT2D eigenvalue weighted by molar-refractivity contribution is -0.383. The predicted octanol–water partition coefficient (Wildman–Crippen LogP) is 3.72.